The number of fused-ring (bicyclic) bond motifs is 1. The summed E-state index contributed by atoms with van der Waals surface area (Å²) in [5.41, 5.74) is 6.16. The zero-order valence-electron chi connectivity index (χ0n) is 16.6. The van der Waals surface area contributed by atoms with Crippen molar-refractivity contribution in [2.75, 3.05) is 13.1 Å². The zero-order valence-corrected chi connectivity index (χ0v) is 16.6. The van der Waals surface area contributed by atoms with E-state index in [1.165, 1.54) is 19.3 Å². The SMILES string of the molecule is CC1=C(CN2CCc3nc(-c4ccccc4)[nH]c(=O)c3C2)C(C)(C)CCC1. The highest BCUT2D eigenvalue weighted by Crippen LogP contribution is 2.40. The van der Waals surface area contributed by atoms with Crippen molar-refractivity contribution in [3.8, 4) is 11.4 Å². The van der Waals surface area contributed by atoms with Crippen molar-refractivity contribution in [3.05, 3.63) is 63.1 Å². The number of hydrogen-bond donors (Lipinski definition) is 1. The van der Waals surface area contributed by atoms with E-state index in [0.29, 0.717) is 12.4 Å². The van der Waals surface area contributed by atoms with Gasteiger partial charge in [-0.25, -0.2) is 4.98 Å². The Morgan fingerprint density at radius 2 is 1.96 bits per heavy atom. The van der Waals surface area contributed by atoms with Crippen molar-refractivity contribution in [3.63, 3.8) is 0 Å². The molecule has 0 fully saturated rings. The Labute approximate surface area is 161 Å². The van der Waals surface area contributed by atoms with Gasteiger partial charge in [-0.15, -0.1) is 0 Å². The third kappa shape index (κ3) is 3.63. The second-order valence-electron chi connectivity index (χ2n) is 8.66. The van der Waals surface area contributed by atoms with E-state index in [9.17, 15) is 4.79 Å². The molecule has 1 aromatic carbocycles. The van der Waals surface area contributed by atoms with Gasteiger partial charge in [-0.2, -0.15) is 0 Å². The summed E-state index contributed by atoms with van der Waals surface area (Å²) in [7, 11) is 0. The van der Waals surface area contributed by atoms with Crippen molar-refractivity contribution in [1.82, 2.24) is 14.9 Å². The van der Waals surface area contributed by atoms with Crippen LogP contribution in [0.5, 0.6) is 0 Å². The van der Waals surface area contributed by atoms with Gasteiger partial charge in [0.15, 0.2) is 0 Å². The van der Waals surface area contributed by atoms with Crippen LogP contribution in [0, 0.1) is 5.41 Å². The zero-order chi connectivity index (χ0) is 19.0. The van der Waals surface area contributed by atoms with Gasteiger partial charge in [0.2, 0.25) is 0 Å². The van der Waals surface area contributed by atoms with Gasteiger partial charge in [0.1, 0.15) is 5.82 Å². The number of aromatic nitrogens is 2. The minimum atomic E-state index is 0.0113. The van der Waals surface area contributed by atoms with E-state index < -0.39 is 0 Å². The normalized spacial score (nSPS) is 19.8. The van der Waals surface area contributed by atoms with E-state index in [2.05, 4.69) is 30.7 Å². The lowest BCUT2D eigenvalue weighted by molar-refractivity contribution is 0.238. The molecule has 1 aromatic heterocycles. The lowest BCUT2D eigenvalue weighted by atomic mass is 9.72. The highest BCUT2D eigenvalue weighted by Gasteiger charge is 2.31. The Morgan fingerprint density at radius 3 is 2.70 bits per heavy atom. The molecule has 0 atom stereocenters. The van der Waals surface area contributed by atoms with E-state index in [1.807, 2.05) is 30.3 Å². The number of hydrogen-bond acceptors (Lipinski definition) is 3. The highest BCUT2D eigenvalue weighted by atomic mass is 16.1. The fourth-order valence-electron chi connectivity index (χ4n) is 4.60. The molecule has 4 nitrogen and oxygen atoms in total. The first-order valence-corrected chi connectivity index (χ1v) is 10.0. The highest BCUT2D eigenvalue weighted by molar-refractivity contribution is 5.54. The first-order valence-electron chi connectivity index (χ1n) is 10.0. The van der Waals surface area contributed by atoms with Crippen LogP contribution in [-0.2, 0) is 13.0 Å². The minimum Gasteiger partial charge on any atom is -0.306 e. The Hall–Kier alpha value is -2.20. The molecule has 4 heteroatoms. The lowest BCUT2D eigenvalue weighted by Gasteiger charge is -2.38. The summed E-state index contributed by atoms with van der Waals surface area (Å²) in [6.07, 6.45) is 4.60. The summed E-state index contributed by atoms with van der Waals surface area (Å²) >= 11 is 0. The first-order chi connectivity index (χ1) is 12.9. The smallest absolute Gasteiger partial charge is 0.255 e. The minimum absolute atomic E-state index is 0.0113. The maximum absolute atomic E-state index is 12.8. The van der Waals surface area contributed by atoms with Crippen LogP contribution in [0.25, 0.3) is 11.4 Å². The van der Waals surface area contributed by atoms with Gasteiger partial charge < -0.3 is 4.98 Å². The van der Waals surface area contributed by atoms with E-state index in [0.717, 1.165) is 36.3 Å². The standard InChI is InChI=1S/C23H29N3O/c1-16-8-7-12-23(2,3)19(16)15-26-13-11-20-18(14-26)22(27)25-21(24-20)17-9-5-4-6-10-17/h4-6,9-10H,7-8,11-15H2,1-3H3,(H,24,25,27). The third-order valence-electron chi connectivity index (χ3n) is 6.26. The van der Waals surface area contributed by atoms with Gasteiger partial charge in [0.05, 0.1) is 11.3 Å². The second kappa shape index (κ2) is 7.08. The summed E-state index contributed by atoms with van der Waals surface area (Å²) in [5.74, 6) is 0.680. The number of nitrogens with one attached hydrogen (secondary N) is 1. The molecule has 142 valence electrons. The summed E-state index contributed by atoms with van der Waals surface area (Å²) in [5, 5.41) is 0. The van der Waals surface area contributed by atoms with Gasteiger partial charge in [0.25, 0.3) is 5.56 Å². The van der Waals surface area contributed by atoms with E-state index in [1.54, 1.807) is 11.1 Å². The van der Waals surface area contributed by atoms with Crippen LogP contribution in [0.15, 0.2) is 46.3 Å². The van der Waals surface area contributed by atoms with Crippen LogP contribution < -0.4 is 5.56 Å². The molecule has 4 rings (SSSR count). The topological polar surface area (TPSA) is 49.0 Å². The molecule has 27 heavy (non-hydrogen) atoms. The maximum atomic E-state index is 12.8. The van der Waals surface area contributed by atoms with Crippen LogP contribution in [-0.4, -0.2) is 28.0 Å². The molecule has 1 aliphatic carbocycles. The monoisotopic (exact) mass is 363 g/mol. The molecule has 0 saturated heterocycles. The Balaban J connectivity index is 1.58. The van der Waals surface area contributed by atoms with Crippen LogP contribution in [0.2, 0.25) is 0 Å². The number of nitrogens with zero attached hydrogens (tertiary/aromatic N) is 2. The van der Waals surface area contributed by atoms with Gasteiger partial charge in [-0.1, -0.05) is 55.3 Å². The first kappa shape index (κ1) is 18.2. The lowest BCUT2D eigenvalue weighted by Crippen LogP contribution is -2.39. The molecule has 0 saturated carbocycles. The molecule has 0 spiro atoms. The quantitative estimate of drug-likeness (QED) is 0.826. The number of H-pyrrole nitrogens is 1. The third-order valence-corrected chi connectivity index (χ3v) is 6.26. The average molecular weight is 364 g/mol. The molecule has 2 heterocycles. The number of benzene rings is 1. The van der Waals surface area contributed by atoms with Crippen LogP contribution in [0.1, 0.15) is 51.3 Å². The summed E-state index contributed by atoms with van der Waals surface area (Å²) < 4.78 is 0. The van der Waals surface area contributed by atoms with Crippen molar-refractivity contribution < 1.29 is 0 Å². The van der Waals surface area contributed by atoms with Crippen LogP contribution in [0.3, 0.4) is 0 Å². The van der Waals surface area contributed by atoms with E-state index >= 15 is 0 Å². The van der Waals surface area contributed by atoms with Gasteiger partial charge in [-0.05, 0) is 31.6 Å². The molecule has 2 aliphatic rings. The van der Waals surface area contributed by atoms with Crippen molar-refractivity contribution in [1.29, 1.82) is 0 Å². The Morgan fingerprint density at radius 1 is 1.19 bits per heavy atom. The summed E-state index contributed by atoms with van der Waals surface area (Å²) in [6, 6.07) is 9.89. The Bertz CT molecular complexity index is 924. The molecule has 1 aliphatic heterocycles. The molecule has 1 N–H and O–H groups in total. The summed E-state index contributed by atoms with van der Waals surface area (Å²) in [6.45, 7) is 9.64. The molecule has 2 aromatic rings. The predicted octanol–water partition coefficient (Wildman–Crippen LogP) is 4.32. The largest absolute Gasteiger partial charge is 0.306 e. The van der Waals surface area contributed by atoms with Crippen LogP contribution >= 0.6 is 0 Å². The number of aromatic amines is 1. The maximum Gasteiger partial charge on any atom is 0.255 e. The predicted molar refractivity (Wildman–Crippen MR) is 110 cm³/mol. The molecular weight excluding hydrogens is 334 g/mol. The van der Waals surface area contributed by atoms with Crippen molar-refractivity contribution in [2.45, 2.75) is 53.0 Å². The molecular formula is C23H29N3O. The van der Waals surface area contributed by atoms with Gasteiger partial charge >= 0.3 is 0 Å². The van der Waals surface area contributed by atoms with E-state index in [-0.39, 0.29) is 11.0 Å². The molecule has 0 unspecified atom stereocenters. The fraction of sp³-hybridized carbons (Fsp3) is 0.478. The number of allylic oxidation sites excluding steroid dienone is 1. The van der Waals surface area contributed by atoms with Crippen molar-refractivity contribution in [2.24, 2.45) is 5.41 Å². The number of rotatable bonds is 3. The second-order valence-corrected chi connectivity index (χ2v) is 8.66. The molecule has 0 bridgehead atoms. The molecule has 0 amide bonds. The van der Waals surface area contributed by atoms with Gasteiger partial charge in [-0.3, -0.25) is 9.69 Å². The fourth-order valence-corrected chi connectivity index (χ4v) is 4.60. The molecule has 0 radical (unpaired) electrons. The van der Waals surface area contributed by atoms with Crippen LogP contribution in [0.4, 0.5) is 0 Å². The van der Waals surface area contributed by atoms with Gasteiger partial charge in [0, 0.05) is 31.6 Å². The Kier molecular flexibility index (Phi) is 4.77. The van der Waals surface area contributed by atoms with Crippen molar-refractivity contribution >= 4 is 0 Å². The average Bonchev–Trinajstić information content (AvgIpc) is 2.65. The summed E-state index contributed by atoms with van der Waals surface area (Å²) in [4.78, 5) is 22.9. The van der Waals surface area contributed by atoms with E-state index in [4.69, 9.17) is 4.98 Å².